The number of anilines is 1. The van der Waals surface area contributed by atoms with Crippen molar-refractivity contribution in [1.29, 1.82) is 5.26 Å². The standard InChI is InChI=1S/C21H17N3O4/c1-27-21(26)19-18(23)15(11-22)12-24(19)17-10-6-5-9-16(17)20(25)28-13-14-7-3-2-4-8-14/h2-10,12H,13,23H2,1H3. The van der Waals surface area contributed by atoms with Crippen LogP contribution >= 0.6 is 0 Å². The zero-order valence-electron chi connectivity index (χ0n) is 15.1. The molecule has 28 heavy (non-hydrogen) atoms. The largest absolute Gasteiger partial charge is 0.464 e. The van der Waals surface area contributed by atoms with Crippen molar-refractivity contribution in [3.63, 3.8) is 0 Å². The smallest absolute Gasteiger partial charge is 0.357 e. The minimum Gasteiger partial charge on any atom is -0.464 e. The van der Waals surface area contributed by atoms with E-state index in [9.17, 15) is 14.9 Å². The summed E-state index contributed by atoms with van der Waals surface area (Å²) in [4.78, 5) is 24.9. The number of hydrogen-bond acceptors (Lipinski definition) is 6. The highest BCUT2D eigenvalue weighted by molar-refractivity contribution is 5.98. The third-order valence-corrected chi connectivity index (χ3v) is 4.14. The number of aromatic nitrogens is 1. The van der Waals surface area contributed by atoms with Gasteiger partial charge in [0.05, 0.1) is 29.6 Å². The zero-order valence-corrected chi connectivity index (χ0v) is 15.1. The molecule has 0 saturated carbocycles. The molecule has 1 heterocycles. The Morgan fingerprint density at radius 2 is 1.75 bits per heavy atom. The fourth-order valence-corrected chi connectivity index (χ4v) is 2.76. The molecule has 0 atom stereocenters. The highest BCUT2D eigenvalue weighted by Gasteiger charge is 2.24. The van der Waals surface area contributed by atoms with Gasteiger partial charge in [0.2, 0.25) is 0 Å². The van der Waals surface area contributed by atoms with Crippen molar-refractivity contribution in [3.05, 3.63) is 83.2 Å². The molecule has 7 heteroatoms. The molecule has 0 saturated heterocycles. The lowest BCUT2D eigenvalue weighted by Gasteiger charge is -2.13. The molecule has 3 rings (SSSR count). The van der Waals surface area contributed by atoms with E-state index in [1.54, 1.807) is 24.3 Å². The number of methoxy groups -OCH3 is 1. The molecule has 0 aliphatic carbocycles. The highest BCUT2D eigenvalue weighted by atomic mass is 16.5. The molecule has 2 N–H and O–H groups in total. The summed E-state index contributed by atoms with van der Waals surface area (Å²) in [6.07, 6.45) is 1.39. The molecule has 3 aromatic rings. The molecule has 7 nitrogen and oxygen atoms in total. The summed E-state index contributed by atoms with van der Waals surface area (Å²) in [7, 11) is 1.21. The molecule has 0 bridgehead atoms. The van der Waals surface area contributed by atoms with Crippen LogP contribution in [-0.2, 0) is 16.1 Å². The van der Waals surface area contributed by atoms with Crippen LogP contribution < -0.4 is 5.73 Å². The molecule has 0 spiro atoms. The van der Waals surface area contributed by atoms with E-state index in [1.165, 1.54) is 17.9 Å². The van der Waals surface area contributed by atoms with Crippen LogP contribution in [-0.4, -0.2) is 23.6 Å². The average Bonchev–Trinajstić information content (AvgIpc) is 3.08. The lowest BCUT2D eigenvalue weighted by Crippen LogP contribution is -2.14. The van der Waals surface area contributed by atoms with Crippen molar-refractivity contribution in [2.45, 2.75) is 6.61 Å². The lowest BCUT2D eigenvalue weighted by molar-refractivity contribution is 0.0471. The summed E-state index contributed by atoms with van der Waals surface area (Å²) in [5, 5.41) is 9.26. The number of para-hydroxylation sites is 1. The Kier molecular flexibility index (Phi) is 5.42. The number of rotatable bonds is 5. The molecule has 0 unspecified atom stereocenters. The number of hydrogen-bond donors (Lipinski definition) is 1. The number of nitrogens with zero attached hydrogens (tertiary/aromatic N) is 2. The molecule has 0 fully saturated rings. The first-order valence-corrected chi connectivity index (χ1v) is 8.36. The van der Waals surface area contributed by atoms with Gasteiger partial charge in [-0.2, -0.15) is 5.26 Å². The fraction of sp³-hybridized carbons (Fsp3) is 0.0952. The van der Waals surface area contributed by atoms with Gasteiger partial charge in [-0.3, -0.25) is 0 Å². The van der Waals surface area contributed by atoms with Gasteiger partial charge in [0.15, 0.2) is 5.69 Å². The van der Waals surface area contributed by atoms with Crippen LogP contribution in [0.3, 0.4) is 0 Å². The van der Waals surface area contributed by atoms with Crippen molar-refractivity contribution in [2.75, 3.05) is 12.8 Å². The van der Waals surface area contributed by atoms with Gasteiger partial charge in [-0.25, -0.2) is 9.59 Å². The third-order valence-electron chi connectivity index (χ3n) is 4.14. The number of nitrogen functional groups attached to an aromatic ring is 1. The van der Waals surface area contributed by atoms with Crippen molar-refractivity contribution in [2.24, 2.45) is 0 Å². The van der Waals surface area contributed by atoms with Gasteiger partial charge >= 0.3 is 11.9 Å². The van der Waals surface area contributed by atoms with E-state index in [4.69, 9.17) is 15.2 Å². The Bertz CT molecular complexity index is 1060. The Morgan fingerprint density at radius 3 is 2.43 bits per heavy atom. The summed E-state index contributed by atoms with van der Waals surface area (Å²) in [6.45, 7) is 0.106. The van der Waals surface area contributed by atoms with Crippen LogP contribution in [0.1, 0.15) is 32.0 Å². The molecule has 0 aliphatic rings. The van der Waals surface area contributed by atoms with Crippen LogP contribution in [0.25, 0.3) is 5.69 Å². The van der Waals surface area contributed by atoms with E-state index in [-0.39, 0.29) is 29.1 Å². The zero-order chi connectivity index (χ0) is 20.1. The Balaban J connectivity index is 2.00. The number of ether oxygens (including phenoxy) is 2. The number of esters is 2. The number of nitriles is 1. The van der Waals surface area contributed by atoms with Gasteiger partial charge in [0.25, 0.3) is 0 Å². The first kappa shape index (κ1) is 18.7. The van der Waals surface area contributed by atoms with E-state index in [0.717, 1.165) is 5.56 Å². The Hall–Kier alpha value is -4.05. The first-order chi connectivity index (χ1) is 13.6. The van der Waals surface area contributed by atoms with Crippen molar-refractivity contribution < 1.29 is 19.1 Å². The quantitative estimate of drug-likeness (QED) is 0.687. The molecular weight excluding hydrogens is 358 g/mol. The topological polar surface area (TPSA) is 107 Å². The van der Waals surface area contributed by atoms with Gasteiger partial charge in [0, 0.05) is 6.20 Å². The average molecular weight is 375 g/mol. The van der Waals surface area contributed by atoms with E-state index < -0.39 is 11.9 Å². The second kappa shape index (κ2) is 8.10. The maximum atomic E-state index is 12.7. The summed E-state index contributed by atoms with van der Waals surface area (Å²) in [6, 6.07) is 17.8. The van der Waals surface area contributed by atoms with Crippen molar-refractivity contribution in [1.82, 2.24) is 4.57 Å². The van der Waals surface area contributed by atoms with Gasteiger partial charge in [-0.15, -0.1) is 0 Å². The first-order valence-electron chi connectivity index (χ1n) is 8.36. The maximum absolute atomic E-state index is 12.7. The SMILES string of the molecule is COC(=O)c1c(N)c(C#N)cn1-c1ccccc1C(=O)OCc1ccccc1. The molecule has 2 aromatic carbocycles. The number of nitrogens with two attached hydrogens (primary N) is 1. The summed E-state index contributed by atoms with van der Waals surface area (Å²) < 4.78 is 11.6. The summed E-state index contributed by atoms with van der Waals surface area (Å²) >= 11 is 0. The molecule has 0 aliphatic heterocycles. The van der Waals surface area contributed by atoms with E-state index >= 15 is 0 Å². The van der Waals surface area contributed by atoms with Crippen LogP contribution in [0.2, 0.25) is 0 Å². The molecule has 140 valence electrons. The number of carbonyl (C=O) groups is 2. The Morgan fingerprint density at radius 1 is 1.07 bits per heavy atom. The second-order valence-corrected chi connectivity index (χ2v) is 5.86. The van der Waals surface area contributed by atoms with Crippen molar-refractivity contribution >= 4 is 17.6 Å². The van der Waals surface area contributed by atoms with Gasteiger partial charge in [-0.05, 0) is 17.7 Å². The molecular formula is C21H17N3O4. The van der Waals surface area contributed by atoms with E-state index in [0.29, 0.717) is 5.69 Å². The number of benzene rings is 2. The predicted octanol–water partition coefficient (Wildman–Crippen LogP) is 3.07. The monoisotopic (exact) mass is 375 g/mol. The van der Waals surface area contributed by atoms with Crippen LogP contribution in [0.4, 0.5) is 5.69 Å². The van der Waals surface area contributed by atoms with Crippen LogP contribution in [0.15, 0.2) is 60.8 Å². The molecule has 0 amide bonds. The maximum Gasteiger partial charge on any atom is 0.357 e. The minimum absolute atomic E-state index is 0.0122. The number of carbonyl (C=O) groups excluding carboxylic acids is 2. The van der Waals surface area contributed by atoms with E-state index in [1.807, 2.05) is 36.4 Å². The summed E-state index contributed by atoms with van der Waals surface area (Å²) in [5.41, 5.74) is 7.42. The fourth-order valence-electron chi connectivity index (χ4n) is 2.76. The van der Waals surface area contributed by atoms with Crippen LogP contribution in [0, 0.1) is 11.3 Å². The minimum atomic E-state index is -0.716. The normalized spacial score (nSPS) is 10.1. The second-order valence-electron chi connectivity index (χ2n) is 5.86. The van der Waals surface area contributed by atoms with Crippen molar-refractivity contribution in [3.8, 4) is 11.8 Å². The predicted molar refractivity (Wildman–Crippen MR) is 102 cm³/mol. The molecule has 0 radical (unpaired) electrons. The highest BCUT2D eigenvalue weighted by Crippen LogP contribution is 2.27. The summed E-state index contributed by atoms with van der Waals surface area (Å²) in [5.74, 6) is -1.28. The molecule has 1 aromatic heterocycles. The Labute approximate surface area is 161 Å². The van der Waals surface area contributed by atoms with Crippen LogP contribution in [0.5, 0.6) is 0 Å². The van der Waals surface area contributed by atoms with Gasteiger partial charge < -0.3 is 19.8 Å². The lowest BCUT2D eigenvalue weighted by atomic mass is 10.1. The van der Waals surface area contributed by atoms with Gasteiger partial charge in [0.1, 0.15) is 12.7 Å². The van der Waals surface area contributed by atoms with Gasteiger partial charge in [-0.1, -0.05) is 42.5 Å². The van der Waals surface area contributed by atoms with E-state index in [2.05, 4.69) is 0 Å². The third kappa shape index (κ3) is 3.57.